The van der Waals surface area contributed by atoms with E-state index in [0.29, 0.717) is 6.61 Å². The van der Waals surface area contributed by atoms with Crippen LogP contribution in [0.1, 0.15) is 30.9 Å². The van der Waals surface area contributed by atoms with Crippen LogP contribution in [-0.4, -0.2) is 41.8 Å². The molecule has 0 saturated carbocycles. The second kappa shape index (κ2) is 6.24. The van der Waals surface area contributed by atoms with Gasteiger partial charge in [-0.15, -0.1) is 0 Å². The van der Waals surface area contributed by atoms with E-state index >= 15 is 0 Å². The normalized spacial score (nSPS) is 21.7. The molecule has 1 atom stereocenters. The summed E-state index contributed by atoms with van der Waals surface area (Å²) in [6, 6.07) is 4.16. The molecule has 28 heavy (non-hydrogen) atoms. The Morgan fingerprint density at radius 1 is 1.21 bits per heavy atom. The third-order valence-electron chi connectivity index (χ3n) is 6.47. The third kappa shape index (κ3) is 2.46. The Labute approximate surface area is 165 Å². The molecule has 1 saturated heterocycles. The van der Waals surface area contributed by atoms with Gasteiger partial charge in [-0.25, -0.2) is 0 Å². The molecule has 5 rings (SSSR count). The first kappa shape index (κ1) is 17.6. The van der Waals surface area contributed by atoms with Crippen LogP contribution in [0.2, 0.25) is 0 Å². The smallest absolute Gasteiger partial charge is 0.251 e. The van der Waals surface area contributed by atoms with Crippen LogP contribution in [0.25, 0.3) is 16.5 Å². The molecule has 0 N–H and O–H groups in total. The molecular weight excluding hydrogens is 350 g/mol. The highest BCUT2D eigenvalue weighted by Crippen LogP contribution is 2.49. The highest BCUT2D eigenvalue weighted by Gasteiger charge is 2.37. The summed E-state index contributed by atoms with van der Waals surface area (Å²) in [7, 11) is 1.83. The Balaban J connectivity index is 1.74. The number of benzene rings is 1. The fraction of sp³-hybridized carbons (Fsp3) is 0.435. The molecule has 1 aromatic heterocycles. The number of allylic oxidation sites excluding steroid dienone is 2. The first-order valence-electron chi connectivity index (χ1n) is 10.1. The van der Waals surface area contributed by atoms with E-state index in [9.17, 15) is 4.79 Å². The van der Waals surface area contributed by atoms with Gasteiger partial charge in [0.15, 0.2) is 5.75 Å². The van der Waals surface area contributed by atoms with Crippen molar-refractivity contribution in [3.05, 3.63) is 52.0 Å². The van der Waals surface area contributed by atoms with Crippen LogP contribution < -0.4 is 15.2 Å². The molecule has 0 aliphatic carbocycles. The van der Waals surface area contributed by atoms with Gasteiger partial charge < -0.3 is 19.1 Å². The Hall–Kier alpha value is -2.53. The van der Waals surface area contributed by atoms with Crippen molar-refractivity contribution < 1.29 is 4.74 Å². The number of pyridine rings is 1. The summed E-state index contributed by atoms with van der Waals surface area (Å²) in [6.07, 6.45) is 4.74. The first-order chi connectivity index (χ1) is 13.5. The quantitative estimate of drug-likeness (QED) is 0.804. The molecule has 0 bridgehead atoms. The van der Waals surface area contributed by atoms with Gasteiger partial charge >= 0.3 is 0 Å². The van der Waals surface area contributed by atoms with Gasteiger partial charge in [0, 0.05) is 36.3 Å². The van der Waals surface area contributed by atoms with E-state index in [4.69, 9.17) is 4.74 Å². The van der Waals surface area contributed by atoms with Crippen molar-refractivity contribution in [2.45, 2.75) is 32.7 Å². The average molecular weight is 377 g/mol. The zero-order valence-corrected chi connectivity index (χ0v) is 16.9. The zero-order valence-electron chi connectivity index (χ0n) is 16.9. The Kier molecular flexibility index (Phi) is 3.91. The number of likely N-dealkylation sites (tertiary alicyclic amines) is 1. The molecule has 5 heteroatoms. The van der Waals surface area contributed by atoms with Crippen molar-refractivity contribution in [1.82, 2.24) is 9.47 Å². The maximum Gasteiger partial charge on any atom is 0.251 e. The van der Waals surface area contributed by atoms with E-state index in [1.807, 2.05) is 14.0 Å². The van der Waals surface area contributed by atoms with Gasteiger partial charge in [0.05, 0.1) is 17.2 Å². The summed E-state index contributed by atoms with van der Waals surface area (Å²) in [5.41, 5.74) is 6.34. The minimum atomic E-state index is -0.00237. The molecule has 3 aliphatic rings. The largest absolute Gasteiger partial charge is 0.487 e. The van der Waals surface area contributed by atoms with Crippen LogP contribution >= 0.6 is 0 Å². The SMILES string of the molecule is C=C1C=C(C)c2cc3c(C)cc(=O)n(C)c3c3c2N1[C@@H](CN1CCCC1)CO3. The molecular formula is C23H27N3O2. The number of rotatable bonds is 2. The van der Waals surface area contributed by atoms with Crippen LogP contribution in [0, 0.1) is 6.92 Å². The van der Waals surface area contributed by atoms with Gasteiger partial charge in [0.2, 0.25) is 0 Å². The molecule has 2 aromatic rings. The Morgan fingerprint density at radius 3 is 2.71 bits per heavy atom. The second-order valence-electron chi connectivity index (χ2n) is 8.38. The van der Waals surface area contributed by atoms with Crippen molar-refractivity contribution in [2.24, 2.45) is 7.05 Å². The van der Waals surface area contributed by atoms with Gasteiger partial charge in [-0.2, -0.15) is 0 Å². The monoisotopic (exact) mass is 377 g/mol. The number of aryl methyl sites for hydroxylation is 2. The van der Waals surface area contributed by atoms with Gasteiger partial charge in [0.25, 0.3) is 5.56 Å². The number of anilines is 1. The highest BCUT2D eigenvalue weighted by atomic mass is 16.5. The van der Waals surface area contributed by atoms with Crippen molar-refractivity contribution in [3.63, 3.8) is 0 Å². The zero-order chi connectivity index (χ0) is 19.6. The summed E-state index contributed by atoms with van der Waals surface area (Å²) in [5, 5.41) is 1.08. The molecule has 0 spiro atoms. The van der Waals surface area contributed by atoms with Crippen LogP contribution in [0.3, 0.4) is 0 Å². The molecule has 0 radical (unpaired) electrons. The Bertz CT molecular complexity index is 1090. The maximum absolute atomic E-state index is 12.5. The number of fused-ring (bicyclic) bond motifs is 2. The number of hydrogen-bond acceptors (Lipinski definition) is 4. The molecule has 5 nitrogen and oxygen atoms in total. The van der Waals surface area contributed by atoms with E-state index in [1.165, 1.54) is 24.0 Å². The molecule has 3 aliphatic heterocycles. The van der Waals surface area contributed by atoms with E-state index in [0.717, 1.165) is 53.2 Å². The maximum atomic E-state index is 12.5. The molecule has 1 fully saturated rings. The molecule has 4 heterocycles. The second-order valence-corrected chi connectivity index (χ2v) is 8.38. The Morgan fingerprint density at radius 2 is 1.96 bits per heavy atom. The predicted octanol–water partition coefficient (Wildman–Crippen LogP) is 3.44. The summed E-state index contributed by atoms with van der Waals surface area (Å²) < 4.78 is 8.11. The number of nitrogens with zero attached hydrogens (tertiary/aromatic N) is 3. The average Bonchev–Trinajstić information content (AvgIpc) is 3.17. The van der Waals surface area contributed by atoms with Crippen molar-refractivity contribution in [1.29, 1.82) is 0 Å². The van der Waals surface area contributed by atoms with Crippen molar-refractivity contribution in [2.75, 3.05) is 31.1 Å². The predicted molar refractivity (Wildman–Crippen MR) is 114 cm³/mol. The van der Waals surface area contributed by atoms with Crippen LogP contribution in [0.15, 0.2) is 35.3 Å². The number of aromatic nitrogens is 1. The van der Waals surface area contributed by atoms with E-state index in [1.54, 1.807) is 10.6 Å². The van der Waals surface area contributed by atoms with Crippen molar-refractivity contribution in [3.8, 4) is 5.75 Å². The fourth-order valence-corrected chi connectivity index (χ4v) is 5.03. The van der Waals surface area contributed by atoms with Crippen LogP contribution in [0.4, 0.5) is 5.69 Å². The minimum Gasteiger partial charge on any atom is -0.487 e. The third-order valence-corrected chi connectivity index (χ3v) is 6.47. The molecule has 146 valence electrons. The number of ether oxygens (including phenoxy) is 1. The summed E-state index contributed by atoms with van der Waals surface area (Å²) >= 11 is 0. The van der Waals surface area contributed by atoms with E-state index in [2.05, 4.69) is 35.4 Å². The molecule has 0 unspecified atom stereocenters. The molecule has 1 aromatic carbocycles. The van der Waals surface area contributed by atoms with Crippen molar-refractivity contribution >= 4 is 22.2 Å². The summed E-state index contributed by atoms with van der Waals surface area (Å²) in [4.78, 5) is 17.3. The van der Waals surface area contributed by atoms with Gasteiger partial charge in [-0.05, 0) is 63.1 Å². The number of hydrogen-bond donors (Lipinski definition) is 0. The molecule has 0 amide bonds. The van der Waals surface area contributed by atoms with Crippen LogP contribution in [-0.2, 0) is 7.05 Å². The summed E-state index contributed by atoms with van der Waals surface area (Å²) in [5.74, 6) is 0.821. The lowest BCUT2D eigenvalue weighted by atomic mass is 9.92. The van der Waals surface area contributed by atoms with Gasteiger partial charge in [-0.1, -0.05) is 6.58 Å². The first-order valence-corrected chi connectivity index (χ1v) is 10.1. The van der Waals surface area contributed by atoms with Gasteiger partial charge in [0.1, 0.15) is 6.61 Å². The lowest BCUT2D eigenvalue weighted by molar-refractivity contribution is 0.222. The van der Waals surface area contributed by atoms with E-state index < -0.39 is 0 Å². The lowest BCUT2D eigenvalue weighted by Gasteiger charge is -2.44. The standard InChI is InChI=1S/C23H27N3O2/c1-14-9-16(3)26-17(12-25-7-5-6-8-25)13-28-23-21-18(11-19(14)22(23)26)15(2)10-20(27)24(21)4/h9-11,17H,3,5-8,12-13H2,1-2,4H3/t17-/m0/s1. The lowest BCUT2D eigenvalue weighted by Crippen LogP contribution is -2.49. The minimum absolute atomic E-state index is 0.00237. The van der Waals surface area contributed by atoms with E-state index in [-0.39, 0.29) is 11.6 Å². The van der Waals surface area contributed by atoms with Crippen LogP contribution in [0.5, 0.6) is 5.75 Å². The van der Waals surface area contributed by atoms with Gasteiger partial charge in [-0.3, -0.25) is 4.79 Å². The highest BCUT2D eigenvalue weighted by molar-refractivity contribution is 6.01. The topological polar surface area (TPSA) is 37.7 Å². The summed E-state index contributed by atoms with van der Waals surface area (Å²) in [6.45, 7) is 12.4. The fourth-order valence-electron chi connectivity index (χ4n) is 5.03.